The topological polar surface area (TPSA) is 146 Å². The van der Waals surface area contributed by atoms with Crippen LogP contribution in [0.3, 0.4) is 0 Å². The first-order valence-corrected chi connectivity index (χ1v) is 18.9. The summed E-state index contributed by atoms with van der Waals surface area (Å²) in [6.45, 7) is 7.40. The van der Waals surface area contributed by atoms with Crippen LogP contribution in [0.5, 0.6) is 0 Å². The number of sulfone groups is 1. The average molecular weight is 672 g/mol. The van der Waals surface area contributed by atoms with Crippen LogP contribution in [0.4, 0.5) is 5.82 Å². The van der Waals surface area contributed by atoms with Gasteiger partial charge in [0, 0.05) is 48.4 Å². The Morgan fingerprint density at radius 2 is 1.94 bits per heavy atom. The van der Waals surface area contributed by atoms with Crippen LogP contribution >= 0.6 is 11.3 Å². The van der Waals surface area contributed by atoms with Crippen molar-refractivity contribution >= 4 is 37.2 Å². The van der Waals surface area contributed by atoms with Crippen LogP contribution in [0, 0.1) is 18.8 Å². The number of fused-ring (bicyclic) bond motifs is 3. The summed E-state index contributed by atoms with van der Waals surface area (Å²) < 4.78 is 40.8. The van der Waals surface area contributed by atoms with Crippen LogP contribution in [-0.2, 0) is 27.4 Å². The summed E-state index contributed by atoms with van der Waals surface area (Å²) in [5.41, 5.74) is 5.67. The molecular formula is C34H37N7O4S2. The molecule has 0 unspecified atom stereocenters. The minimum atomic E-state index is -3.67. The molecule has 0 saturated carbocycles. The molecule has 11 nitrogen and oxygen atoms in total. The second-order valence-electron chi connectivity index (χ2n) is 13.2. The van der Waals surface area contributed by atoms with E-state index in [2.05, 4.69) is 50.4 Å². The Balaban J connectivity index is 1.31. The second kappa shape index (κ2) is 12.0. The maximum Gasteiger partial charge on any atom is 0.250 e. The van der Waals surface area contributed by atoms with Crippen molar-refractivity contribution < 1.29 is 17.6 Å². The number of hydrogen-bond acceptors (Lipinski definition) is 12. The van der Waals surface area contributed by atoms with Gasteiger partial charge in [0.25, 0.3) is 0 Å². The monoisotopic (exact) mass is 671 g/mol. The van der Waals surface area contributed by atoms with Crippen molar-refractivity contribution in [1.82, 2.24) is 30.1 Å². The molecule has 1 N–H and O–H groups in total. The quantitative estimate of drug-likeness (QED) is 0.193. The number of aromatic nitrogens is 6. The van der Waals surface area contributed by atoms with Crippen molar-refractivity contribution in [2.24, 2.45) is 11.8 Å². The van der Waals surface area contributed by atoms with E-state index in [1.54, 1.807) is 13.3 Å². The number of rotatable bonds is 8. The van der Waals surface area contributed by atoms with E-state index in [0.29, 0.717) is 35.1 Å². The fraction of sp³-hybridized carbons (Fsp3) is 0.471. The largest absolute Gasteiger partial charge is 0.421 e. The minimum Gasteiger partial charge on any atom is -0.421 e. The van der Waals surface area contributed by atoms with Crippen LogP contribution in [0.1, 0.15) is 80.0 Å². The van der Waals surface area contributed by atoms with Gasteiger partial charge in [-0.05, 0) is 68.1 Å². The Hall–Kier alpha value is -3.81. The lowest BCUT2D eigenvalue weighted by molar-refractivity contribution is 0.0639. The molecule has 2 atom stereocenters. The van der Waals surface area contributed by atoms with E-state index in [9.17, 15) is 8.42 Å². The van der Waals surface area contributed by atoms with Gasteiger partial charge in [-0.25, -0.2) is 18.4 Å². The van der Waals surface area contributed by atoms with E-state index >= 15 is 0 Å². The number of ether oxygens (including phenoxy) is 1. The first-order valence-electron chi connectivity index (χ1n) is 16.4. The summed E-state index contributed by atoms with van der Waals surface area (Å²) in [4.78, 5) is 20.1. The lowest BCUT2D eigenvalue weighted by Gasteiger charge is -2.23. The van der Waals surface area contributed by atoms with E-state index in [-0.39, 0.29) is 34.4 Å². The SMILES string of the molecule is Cc1nnc(-c2c(CCC3CCOCC3)nc3c(c2-c2cc4ncnc(N[C@@H]5CCc6ncccc65)c4s2)S(=O)(=O)C[C@H]3C(C)C)o1. The lowest BCUT2D eigenvalue weighted by Crippen LogP contribution is -2.17. The van der Waals surface area contributed by atoms with Crippen LogP contribution in [0.25, 0.3) is 32.1 Å². The minimum absolute atomic E-state index is 0.0261. The van der Waals surface area contributed by atoms with Gasteiger partial charge in [0.1, 0.15) is 12.1 Å². The van der Waals surface area contributed by atoms with E-state index < -0.39 is 9.84 Å². The van der Waals surface area contributed by atoms with Gasteiger partial charge in [-0.2, -0.15) is 0 Å². The third-order valence-corrected chi connectivity index (χ3v) is 12.8. The molecule has 0 spiro atoms. The Morgan fingerprint density at radius 3 is 2.72 bits per heavy atom. The van der Waals surface area contributed by atoms with Gasteiger partial charge >= 0.3 is 0 Å². The Kier molecular flexibility index (Phi) is 7.80. The van der Waals surface area contributed by atoms with E-state index in [1.165, 1.54) is 16.9 Å². The van der Waals surface area contributed by atoms with Gasteiger partial charge in [0.05, 0.1) is 43.9 Å². The summed E-state index contributed by atoms with van der Waals surface area (Å²) >= 11 is 1.49. The van der Waals surface area contributed by atoms with Crippen molar-refractivity contribution in [1.29, 1.82) is 0 Å². The summed E-state index contributed by atoms with van der Waals surface area (Å²) in [5.74, 6) is 1.83. The number of pyridine rings is 2. The Labute approximate surface area is 277 Å². The molecule has 0 amide bonds. The molecule has 7 heterocycles. The molecule has 5 aromatic heterocycles. The maximum absolute atomic E-state index is 14.1. The Morgan fingerprint density at radius 1 is 1.09 bits per heavy atom. The van der Waals surface area contributed by atoms with Gasteiger partial charge in [0.15, 0.2) is 9.84 Å². The summed E-state index contributed by atoms with van der Waals surface area (Å²) in [7, 11) is -3.67. The van der Waals surface area contributed by atoms with E-state index in [4.69, 9.17) is 14.1 Å². The summed E-state index contributed by atoms with van der Waals surface area (Å²) in [5, 5.41) is 12.2. The van der Waals surface area contributed by atoms with Crippen LogP contribution in [-0.4, -0.2) is 57.5 Å². The number of nitrogens with one attached hydrogen (secondary N) is 1. The van der Waals surface area contributed by atoms with Crippen LogP contribution in [0.2, 0.25) is 0 Å². The molecule has 244 valence electrons. The first-order chi connectivity index (χ1) is 22.8. The second-order valence-corrected chi connectivity index (χ2v) is 16.2. The molecule has 0 aromatic carbocycles. The predicted octanol–water partition coefficient (Wildman–Crippen LogP) is 6.49. The highest BCUT2D eigenvalue weighted by molar-refractivity contribution is 7.92. The fourth-order valence-electron chi connectivity index (χ4n) is 7.34. The zero-order valence-electron chi connectivity index (χ0n) is 26.7. The smallest absolute Gasteiger partial charge is 0.250 e. The molecule has 5 aromatic rings. The molecular weight excluding hydrogens is 635 g/mol. The van der Waals surface area contributed by atoms with Crippen molar-refractivity contribution in [2.75, 3.05) is 24.3 Å². The highest BCUT2D eigenvalue weighted by atomic mass is 32.2. The average Bonchev–Trinajstić information content (AvgIpc) is 3.85. The summed E-state index contributed by atoms with van der Waals surface area (Å²) in [6, 6.07) is 6.13. The molecule has 2 aliphatic heterocycles. The van der Waals surface area contributed by atoms with Gasteiger partial charge in [-0.3, -0.25) is 9.97 Å². The predicted molar refractivity (Wildman–Crippen MR) is 179 cm³/mol. The van der Waals surface area contributed by atoms with Gasteiger partial charge < -0.3 is 14.5 Å². The molecule has 13 heteroatoms. The Bertz CT molecular complexity index is 2090. The molecule has 47 heavy (non-hydrogen) atoms. The standard InChI is InChI=1S/C34H37N7O4S2/c1-18(2)22-16-47(42,43)32-29(28(34-41-40-19(3)45-34)25(38-30(22)32)7-6-20-10-13-44-14-11-20)27-15-26-31(46-27)33(37-17-36-26)39-24-9-8-23-21(24)5-4-12-35-23/h4-5,12,15,17-18,20,22,24H,6-11,13-14,16H2,1-3H3,(H,36,37,39)/t22-,24+/m0/s1. The van der Waals surface area contributed by atoms with E-state index in [1.807, 2.05) is 18.3 Å². The third kappa shape index (κ3) is 5.51. The maximum atomic E-state index is 14.1. The molecule has 1 fully saturated rings. The van der Waals surface area contributed by atoms with Crippen molar-refractivity contribution in [3.8, 4) is 21.9 Å². The third-order valence-electron chi connectivity index (χ3n) is 9.83. The van der Waals surface area contributed by atoms with E-state index in [0.717, 1.165) is 77.6 Å². The molecule has 1 saturated heterocycles. The van der Waals surface area contributed by atoms with Crippen LogP contribution < -0.4 is 5.32 Å². The molecule has 0 radical (unpaired) electrons. The zero-order chi connectivity index (χ0) is 32.3. The highest BCUT2D eigenvalue weighted by Gasteiger charge is 2.43. The molecule has 1 aliphatic carbocycles. The zero-order valence-corrected chi connectivity index (χ0v) is 28.3. The number of hydrogen-bond donors (Lipinski definition) is 1. The molecule has 0 bridgehead atoms. The van der Waals surface area contributed by atoms with Crippen molar-refractivity contribution in [3.63, 3.8) is 0 Å². The molecule has 8 rings (SSSR count). The normalized spacial score (nSPS) is 20.6. The van der Waals surface area contributed by atoms with Gasteiger partial charge in [-0.1, -0.05) is 19.9 Å². The number of nitrogens with zero attached hydrogens (tertiary/aromatic N) is 6. The first kappa shape index (κ1) is 30.5. The van der Waals surface area contributed by atoms with Crippen molar-refractivity contribution in [2.45, 2.75) is 76.2 Å². The van der Waals surface area contributed by atoms with Crippen molar-refractivity contribution in [3.05, 3.63) is 59.3 Å². The lowest BCUT2D eigenvalue weighted by atomic mass is 9.89. The fourth-order valence-corrected chi connectivity index (χ4v) is 10.7. The van der Waals surface area contributed by atoms with Gasteiger partial charge in [0.2, 0.25) is 11.8 Å². The van der Waals surface area contributed by atoms with Gasteiger partial charge in [-0.15, -0.1) is 21.5 Å². The number of thiophene rings is 1. The number of aryl methyl sites for hydroxylation is 3. The molecule has 3 aliphatic rings. The number of anilines is 1. The van der Waals surface area contributed by atoms with Crippen LogP contribution in [0.15, 0.2) is 40.0 Å². The highest BCUT2D eigenvalue weighted by Crippen LogP contribution is 2.51. The summed E-state index contributed by atoms with van der Waals surface area (Å²) in [6.07, 6.45) is 8.80.